The number of carbonyl (C=O) groups is 1. The van der Waals surface area contributed by atoms with Crippen LogP contribution in [0.15, 0.2) is 24.3 Å². The molecule has 0 aromatic heterocycles. The number of allylic oxidation sites excluding steroid dienone is 3. The highest BCUT2D eigenvalue weighted by Gasteiger charge is 2.44. The standard InChI is InChI=1S/C57H109NO8/c1-3-5-7-9-11-13-15-16-17-18-19-20-21-22-23-24-25-26-27-28-29-30-31-32-33-34-35-37-39-41-43-45-47-53(61)58-50(49-65-57-56(64)55(63)54(62)52(48-59)66-57)51(60)46-44-42-40-38-36-14-12-10-8-6-4-2/h36,38,44,46,50-52,54-57,59-60,62-64H,3-35,37,39-43,45,47-49H2,1-2H3,(H,58,61)/b38-36+,46-44+. The molecule has 1 heterocycles. The van der Waals surface area contributed by atoms with Crippen LogP contribution in [0.4, 0.5) is 0 Å². The highest BCUT2D eigenvalue weighted by molar-refractivity contribution is 5.76. The van der Waals surface area contributed by atoms with E-state index in [9.17, 15) is 30.3 Å². The van der Waals surface area contributed by atoms with Crippen LogP contribution in [0.1, 0.15) is 277 Å². The highest BCUT2D eigenvalue weighted by atomic mass is 16.7. The Bertz CT molecular complexity index is 1090. The Morgan fingerprint density at radius 2 is 0.864 bits per heavy atom. The van der Waals surface area contributed by atoms with Crippen LogP contribution in [0.3, 0.4) is 0 Å². The van der Waals surface area contributed by atoms with Crippen LogP contribution in [0.5, 0.6) is 0 Å². The molecule has 0 saturated carbocycles. The van der Waals surface area contributed by atoms with E-state index in [1.807, 2.05) is 6.08 Å². The summed E-state index contributed by atoms with van der Waals surface area (Å²) in [5, 5.41) is 54.2. The molecule has 0 aromatic rings. The SMILES string of the molecule is CCCCCCC/C=C/CC/C=C/C(O)C(COC1OC(CO)C(O)C(O)C1O)NC(=O)CCCCCCCCCCCCCCCCCCCCCCCCCCCCCCCCCC. The Balaban J connectivity index is 2.08. The number of aliphatic hydroxyl groups is 5. The summed E-state index contributed by atoms with van der Waals surface area (Å²) in [6.07, 6.45) is 52.8. The van der Waals surface area contributed by atoms with Gasteiger partial charge in [-0.25, -0.2) is 0 Å². The Hall–Kier alpha value is -1.33. The van der Waals surface area contributed by atoms with Gasteiger partial charge < -0.3 is 40.3 Å². The zero-order valence-corrected chi connectivity index (χ0v) is 43.2. The minimum atomic E-state index is -1.57. The van der Waals surface area contributed by atoms with Gasteiger partial charge in [0.25, 0.3) is 0 Å². The quantitative estimate of drug-likeness (QED) is 0.0261. The average Bonchev–Trinajstić information content (AvgIpc) is 3.32. The molecule has 0 aromatic carbocycles. The van der Waals surface area contributed by atoms with Gasteiger partial charge in [0, 0.05) is 6.42 Å². The van der Waals surface area contributed by atoms with Crippen LogP contribution in [0.2, 0.25) is 0 Å². The number of hydrogen-bond acceptors (Lipinski definition) is 8. The number of unbranched alkanes of at least 4 members (excludes halogenated alkanes) is 37. The third-order valence-corrected chi connectivity index (χ3v) is 13.8. The van der Waals surface area contributed by atoms with Gasteiger partial charge in [-0.05, 0) is 32.1 Å². The molecule has 0 bridgehead atoms. The van der Waals surface area contributed by atoms with Crippen molar-refractivity contribution in [3.05, 3.63) is 24.3 Å². The fourth-order valence-corrected chi connectivity index (χ4v) is 9.23. The van der Waals surface area contributed by atoms with Gasteiger partial charge in [-0.1, -0.05) is 263 Å². The molecule has 390 valence electrons. The molecule has 1 aliphatic heterocycles. The van der Waals surface area contributed by atoms with Crippen molar-refractivity contribution in [2.24, 2.45) is 0 Å². The van der Waals surface area contributed by atoms with E-state index in [4.69, 9.17) is 9.47 Å². The number of hydrogen-bond donors (Lipinski definition) is 6. The van der Waals surface area contributed by atoms with Crippen LogP contribution in [-0.2, 0) is 14.3 Å². The van der Waals surface area contributed by atoms with E-state index in [1.54, 1.807) is 6.08 Å². The molecule has 7 atom stereocenters. The smallest absolute Gasteiger partial charge is 0.220 e. The van der Waals surface area contributed by atoms with Crippen molar-refractivity contribution in [3.8, 4) is 0 Å². The minimum Gasteiger partial charge on any atom is -0.394 e. The molecule has 66 heavy (non-hydrogen) atoms. The summed E-state index contributed by atoms with van der Waals surface area (Å²) in [7, 11) is 0. The minimum absolute atomic E-state index is 0.183. The molecule has 7 unspecified atom stereocenters. The van der Waals surface area contributed by atoms with E-state index in [-0.39, 0.29) is 12.5 Å². The summed E-state index contributed by atoms with van der Waals surface area (Å²) in [6.45, 7) is 3.76. The van der Waals surface area contributed by atoms with Crippen LogP contribution in [0, 0.1) is 0 Å². The highest BCUT2D eigenvalue weighted by Crippen LogP contribution is 2.23. The molecule has 0 spiro atoms. The fraction of sp³-hybridized carbons (Fsp3) is 0.912. The largest absolute Gasteiger partial charge is 0.394 e. The predicted octanol–water partition coefficient (Wildman–Crippen LogP) is 13.8. The zero-order chi connectivity index (χ0) is 48.0. The van der Waals surface area contributed by atoms with Gasteiger partial charge in [-0.3, -0.25) is 4.79 Å². The summed E-state index contributed by atoms with van der Waals surface area (Å²) >= 11 is 0. The van der Waals surface area contributed by atoms with Crippen molar-refractivity contribution < 1.29 is 39.8 Å². The van der Waals surface area contributed by atoms with Crippen molar-refractivity contribution in [2.75, 3.05) is 13.2 Å². The van der Waals surface area contributed by atoms with Gasteiger partial charge in [0.2, 0.25) is 5.91 Å². The van der Waals surface area contributed by atoms with Gasteiger partial charge in [0.1, 0.15) is 24.4 Å². The molecule has 1 rings (SSSR count). The molecule has 6 N–H and O–H groups in total. The van der Waals surface area contributed by atoms with Crippen LogP contribution < -0.4 is 5.32 Å². The van der Waals surface area contributed by atoms with E-state index < -0.39 is 49.5 Å². The zero-order valence-electron chi connectivity index (χ0n) is 43.2. The van der Waals surface area contributed by atoms with E-state index >= 15 is 0 Å². The summed E-state index contributed by atoms with van der Waals surface area (Å²) in [6, 6.07) is -0.817. The normalized spacial score (nSPS) is 19.9. The Kier molecular flexibility index (Phi) is 45.0. The molecular weight excluding hydrogens is 827 g/mol. The Morgan fingerprint density at radius 1 is 0.500 bits per heavy atom. The maximum atomic E-state index is 13.0. The van der Waals surface area contributed by atoms with Gasteiger partial charge in [-0.15, -0.1) is 0 Å². The molecule has 1 aliphatic rings. The first-order valence-corrected chi connectivity index (χ1v) is 28.6. The molecule has 0 aliphatic carbocycles. The van der Waals surface area contributed by atoms with Crippen LogP contribution in [0.25, 0.3) is 0 Å². The second-order valence-electron chi connectivity index (χ2n) is 20.1. The topological polar surface area (TPSA) is 149 Å². The lowest BCUT2D eigenvalue weighted by molar-refractivity contribution is -0.302. The molecule has 9 nitrogen and oxygen atoms in total. The van der Waals surface area contributed by atoms with Crippen molar-refractivity contribution in [3.63, 3.8) is 0 Å². The first kappa shape index (κ1) is 62.7. The van der Waals surface area contributed by atoms with Crippen molar-refractivity contribution in [1.82, 2.24) is 5.32 Å². The molecule has 1 saturated heterocycles. The van der Waals surface area contributed by atoms with Crippen molar-refractivity contribution in [1.29, 1.82) is 0 Å². The lowest BCUT2D eigenvalue weighted by atomic mass is 9.99. The summed E-state index contributed by atoms with van der Waals surface area (Å²) in [4.78, 5) is 13.0. The van der Waals surface area contributed by atoms with Crippen LogP contribution >= 0.6 is 0 Å². The number of nitrogens with one attached hydrogen (secondary N) is 1. The van der Waals surface area contributed by atoms with E-state index in [1.165, 1.54) is 218 Å². The maximum absolute atomic E-state index is 13.0. The third-order valence-electron chi connectivity index (χ3n) is 13.8. The lowest BCUT2D eigenvalue weighted by Gasteiger charge is -2.40. The monoisotopic (exact) mass is 936 g/mol. The second kappa shape index (κ2) is 47.4. The molecule has 1 fully saturated rings. The van der Waals surface area contributed by atoms with Crippen LogP contribution in [-0.4, -0.2) is 87.5 Å². The average molecular weight is 936 g/mol. The Labute approximate surface area is 407 Å². The summed E-state index contributed by atoms with van der Waals surface area (Å²) < 4.78 is 11.2. The molecule has 9 heteroatoms. The second-order valence-corrected chi connectivity index (χ2v) is 20.1. The number of ether oxygens (including phenoxy) is 2. The van der Waals surface area contributed by atoms with Crippen molar-refractivity contribution >= 4 is 5.91 Å². The van der Waals surface area contributed by atoms with Gasteiger partial charge >= 0.3 is 0 Å². The molecule has 0 radical (unpaired) electrons. The Morgan fingerprint density at radius 3 is 1.27 bits per heavy atom. The van der Waals surface area contributed by atoms with E-state index in [2.05, 4.69) is 31.3 Å². The number of rotatable bonds is 49. The molecular formula is C57H109NO8. The van der Waals surface area contributed by atoms with E-state index in [0.29, 0.717) is 6.42 Å². The summed E-state index contributed by atoms with van der Waals surface area (Å²) in [5.41, 5.74) is 0. The number of aliphatic hydroxyl groups excluding tert-OH is 5. The first-order chi connectivity index (χ1) is 32.3. The fourth-order valence-electron chi connectivity index (χ4n) is 9.23. The van der Waals surface area contributed by atoms with Gasteiger partial charge in [-0.2, -0.15) is 0 Å². The molecule has 1 amide bonds. The van der Waals surface area contributed by atoms with Crippen molar-refractivity contribution in [2.45, 2.75) is 320 Å². The maximum Gasteiger partial charge on any atom is 0.220 e. The first-order valence-electron chi connectivity index (χ1n) is 28.6. The summed E-state index contributed by atoms with van der Waals surface area (Å²) in [5.74, 6) is -0.183. The predicted molar refractivity (Wildman–Crippen MR) is 277 cm³/mol. The number of amides is 1. The third kappa shape index (κ3) is 36.6. The van der Waals surface area contributed by atoms with Gasteiger partial charge in [0.05, 0.1) is 25.4 Å². The number of carbonyl (C=O) groups excluding carboxylic acids is 1. The van der Waals surface area contributed by atoms with E-state index in [0.717, 1.165) is 38.5 Å². The van der Waals surface area contributed by atoms with Gasteiger partial charge in [0.15, 0.2) is 6.29 Å². The lowest BCUT2D eigenvalue weighted by Crippen LogP contribution is -2.60.